The second kappa shape index (κ2) is 8.24. The molecule has 33 heavy (non-hydrogen) atoms. The Hall–Kier alpha value is -3.29. The van der Waals surface area contributed by atoms with Gasteiger partial charge in [-0.3, -0.25) is 9.69 Å². The molecule has 2 aliphatic rings. The minimum atomic E-state index is 0.151. The van der Waals surface area contributed by atoms with Crippen LogP contribution in [0.1, 0.15) is 26.6 Å². The number of rotatable bonds is 3. The van der Waals surface area contributed by atoms with Crippen LogP contribution < -0.4 is 5.73 Å². The fourth-order valence-electron chi connectivity index (χ4n) is 4.86. The van der Waals surface area contributed by atoms with Crippen molar-refractivity contribution in [2.45, 2.75) is 19.4 Å². The molecule has 1 aliphatic carbocycles. The summed E-state index contributed by atoms with van der Waals surface area (Å²) in [5, 5.41) is 0.887. The summed E-state index contributed by atoms with van der Waals surface area (Å²) in [5.74, 6) is 1.40. The highest BCUT2D eigenvalue weighted by Crippen LogP contribution is 2.39. The van der Waals surface area contributed by atoms with Crippen molar-refractivity contribution in [3.63, 3.8) is 0 Å². The number of amides is 1. The van der Waals surface area contributed by atoms with Gasteiger partial charge in [-0.2, -0.15) is 0 Å². The van der Waals surface area contributed by atoms with Gasteiger partial charge in [0, 0.05) is 36.4 Å². The van der Waals surface area contributed by atoms with Gasteiger partial charge < -0.3 is 10.6 Å². The average molecular weight is 456 g/mol. The highest BCUT2D eigenvalue weighted by atomic mass is 32.1. The quantitative estimate of drug-likeness (QED) is 0.505. The summed E-state index contributed by atoms with van der Waals surface area (Å²) in [6.45, 7) is 3.66. The number of hydrogen-bond donors (Lipinski definition) is 1. The lowest BCUT2D eigenvalue weighted by atomic mass is 9.91. The zero-order chi connectivity index (χ0) is 22.4. The summed E-state index contributed by atoms with van der Waals surface area (Å²) in [6, 6.07) is 18.5. The minimum absolute atomic E-state index is 0.151. The number of nitrogen functional groups attached to an aromatic ring is 1. The van der Waals surface area contributed by atoms with Crippen molar-refractivity contribution in [2.24, 2.45) is 0 Å². The van der Waals surface area contributed by atoms with Crippen LogP contribution in [0.3, 0.4) is 0 Å². The molecule has 0 radical (unpaired) electrons. The molecular formula is C26H25N5OS. The van der Waals surface area contributed by atoms with Crippen LogP contribution in [-0.4, -0.2) is 51.9 Å². The van der Waals surface area contributed by atoms with Crippen LogP contribution in [0.4, 0.5) is 5.82 Å². The molecule has 1 aliphatic heterocycles. The largest absolute Gasteiger partial charge is 0.383 e. The summed E-state index contributed by atoms with van der Waals surface area (Å²) < 4.78 is 0. The molecule has 1 saturated heterocycles. The number of aromatic nitrogens is 2. The van der Waals surface area contributed by atoms with E-state index in [0.29, 0.717) is 25.5 Å². The van der Waals surface area contributed by atoms with Crippen molar-refractivity contribution in [1.29, 1.82) is 0 Å². The third-order valence-electron chi connectivity index (χ3n) is 6.65. The third-order valence-corrected chi connectivity index (χ3v) is 7.85. The number of thiophene rings is 1. The molecule has 4 aromatic rings. The van der Waals surface area contributed by atoms with E-state index >= 15 is 0 Å². The number of para-hydroxylation sites is 1. The second-order valence-electron chi connectivity index (χ2n) is 8.73. The Morgan fingerprint density at radius 3 is 2.58 bits per heavy atom. The van der Waals surface area contributed by atoms with E-state index < -0.39 is 0 Å². The van der Waals surface area contributed by atoms with E-state index in [2.05, 4.69) is 45.2 Å². The molecule has 0 unspecified atom stereocenters. The number of carbonyl (C=O) groups is 1. The van der Waals surface area contributed by atoms with Gasteiger partial charge in [0.05, 0.1) is 16.9 Å². The topological polar surface area (TPSA) is 75.3 Å². The molecule has 2 aromatic carbocycles. The summed E-state index contributed by atoms with van der Waals surface area (Å²) in [7, 11) is 0. The van der Waals surface area contributed by atoms with Crippen LogP contribution in [-0.2, 0) is 19.4 Å². The van der Waals surface area contributed by atoms with Crippen molar-refractivity contribution in [1.82, 2.24) is 19.8 Å². The lowest BCUT2D eigenvalue weighted by Gasteiger charge is -2.34. The zero-order valence-electron chi connectivity index (χ0n) is 18.3. The molecule has 2 N–H and O–H groups in total. The van der Waals surface area contributed by atoms with Gasteiger partial charge in [-0.1, -0.05) is 36.4 Å². The zero-order valence-corrected chi connectivity index (χ0v) is 19.1. The van der Waals surface area contributed by atoms with Crippen LogP contribution in [0.15, 0.2) is 54.6 Å². The van der Waals surface area contributed by atoms with Gasteiger partial charge in [-0.25, -0.2) is 9.97 Å². The third kappa shape index (κ3) is 3.77. The number of nitrogens with two attached hydrogens (primary N) is 1. The lowest BCUT2D eigenvalue weighted by Crippen LogP contribution is -2.48. The number of aryl methyl sites for hydroxylation is 2. The minimum Gasteiger partial charge on any atom is -0.383 e. The molecule has 1 fully saturated rings. The van der Waals surface area contributed by atoms with Gasteiger partial charge in [0.2, 0.25) is 0 Å². The van der Waals surface area contributed by atoms with Crippen LogP contribution in [0.25, 0.3) is 21.3 Å². The van der Waals surface area contributed by atoms with E-state index in [4.69, 9.17) is 5.73 Å². The molecule has 6 rings (SSSR count). The predicted molar refractivity (Wildman–Crippen MR) is 132 cm³/mol. The average Bonchev–Trinajstić information content (AvgIpc) is 3.29. The molecule has 7 heteroatoms. The fraction of sp³-hybridized carbons (Fsp3) is 0.269. The van der Waals surface area contributed by atoms with E-state index in [-0.39, 0.29) is 5.91 Å². The molecule has 0 saturated carbocycles. The van der Waals surface area contributed by atoms with Gasteiger partial charge in [-0.05, 0) is 47.7 Å². The smallest absolute Gasteiger partial charge is 0.264 e. The molecule has 3 heterocycles. The number of nitrogens with zero attached hydrogens (tertiary/aromatic N) is 4. The van der Waals surface area contributed by atoms with Crippen LogP contribution in [0.2, 0.25) is 0 Å². The van der Waals surface area contributed by atoms with Gasteiger partial charge in [0.1, 0.15) is 11.6 Å². The highest BCUT2D eigenvalue weighted by Gasteiger charge is 2.27. The van der Waals surface area contributed by atoms with Crippen LogP contribution in [0.5, 0.6) is 0 Å². The number of hydrogen-bond acceptors (Lipinski definition) is 6. The summed E-state index contributed by atoms with van der Waals surface area (Å²) in [6.07, 6.45) is 2.06. The maximum absolute atomic E-state index is 13.3. The normalized spacial score (nSPS) is 15.9. The van der Waals surface area contributed by atoms with Crippen molar-refractivity contribution in [3.8, 4) is 10.4 Å². The van der Waals surface area contributed by atoms with E-state index in [1.54, 1.807) is 11.3 Å². The Balaban J connectivity index is 1.13. The Morgan fingerprint density at radius 1 is 0.939 bits per heavy atom. The van der Waals surface area contributed by atoms with E-state index in [1.807, 2.05) is 29.2 Å². The summed E-state index contributed by atoms with van der Waals surface area (Å²) in [4.78, 5) is 28.8. The number of benzene rings is 2. The van der Waals surface area contributed by atoms with E-state index in [0.717, 1.165) is 47.5 Å². The van der Waals surface area contributed by atoms with Gasteiger partial charge in [0.15, 0.2) is 0 Å². The number of anilines is 1. The maximum atomic E-state index is 13.3. The number of carbonyl (C=O) groups excluding carboxylic acids is 1. The Bertz CT molecular complexity index is 1360. The van der Waals surface area contributed by atoms with E-state index in [1.165, 1.54) is 21.6 Å². The SMILES string of the molecule is Nc1nc(CN2CCN(C(=O)c3cc4c(s3)-c3ccccc3CC4)CC2)nc2ccccc12. The van der Waals surface area contributed by atoms with Crippen molar-refractivity contribution >= 4 is 34.0 Å². The summed E-state index contributed by atoms with van der Waals surface area (Å²) in [5.41, 5.74) is 11.0. The molecule has 0 atom stereocenters. The molecular weight excluding hydrogens is 430 g/mol. The highest BCUT2D eigenvalue weighted by molar-refractivity contribution is 7.17. The van der Waals surface area contributed by atoms with Gasteiger partial charge >= 0.3 is 0 Å². The van der Waals surface area contributed by atoms with Gasteiger partial charge in [0.25, 0.3) is 5.91 Å². The molecule has 2 aromatic heterocycles. The second-order valence-corrected chi connectivity index (χ2v) is 9.78. The molecule has 166 valence electrons. The first-order chi connectivity index (χ1) is 16.2. The first-order valence-electron chi connectivity index (χ1n) is 11.4. The molecule has 0 bridgehead atoms. The Labute approximate surface area is 196 Å². The monoisotopic (exact) mass is 455 g/mol. The van der Waals surface area contributed by atoms with Crippen LogP contribution >= 0.6 is 11.3 Å². The van der Waals surface area contributed by atoms with Crippen molar-refractivity contribution in [3.05, 3.63) is 76.4 Å². The standard InChI is InChI=1S/C26H25N5OS/c27-25-20-7-3-4-8-21(20)28-23(29-25)16-30-11-13-31(14-12-30)26(32)22-15-18-10-9-17-5-1-2-6-19(17)24(18)33-22/h1-8,15H,9-14,16H2,(H2,27,28,29). The van der Waals surface area contributed by atoms with Gasteiger partial charge in [-0.15, -0.1) is 11.3 Å². The summed E-state index contributed by atoms with van der Waals surface area (Å²) >= 11 is 1.65. The number of fused-ring (bicyclic) bond motifs is 4. The van der Waals surface area contributed by atoms with Crippen molar-refractivity contribution in [2.75, 3.05) is 31.9 Å². The Morgan fingerprint density at radius 2 is 1.70 bits per heavy atom. The fourth-order valence-corrected chi connectivity index (χ4v) is 6.10. The first-order valence-corrected chi connectivity index (χ1v) is 12.2. The Kier molecular flexibility index (Phi) is 5.08. The predicted octanol–water partition coefficient (Wildman–Crippen LogP) is 4.00. The molecule has 0 spiro atoms. The molecule has 6 nitrogen and oxygen atoms in total. The lowest BCUT2D eigenvalue weighted by molar-refractivity contribution is 0.0630. The first kappa shape index (κ1) is 20.3. The van der Waals surface area contributed by atoms with Crippen molar-refractivity contribution < 1.29 is 4.79 Å². The molecule has 1 amide bonds. The maximum Gasteiger partial charge on any atom is 0.264 e. The van der Waals surface area contributed by atoms with E-state index in [9.17, 15) is 4.79 Å². The van der Waals surface area contributed by atoms with Crippen LogP contribution in [0, 0.1) is 0 Å². The number of piperazine rings is 1.